The first-order chi connectivity index (χ1) is 15.2. The van der Waals surface area contributed by atoms with Crippen LogP contribution >= 0.6 is 0 Å². The molecule has 2 aromatic heterocycles. The standard InChI is InChI=1S/C24H28N6O2/c1-24(2,32)20-8-7-18(19(12-26-3)23(20)25)17-10-28-22(29-11-17)14-30(4)13-21-16(15-31)6-5-9-27-21/h5-12,15,32H,13-14,25H2,1-4H3. The molecule has 166 valence electrons. The summed E-state index contributed by atoms with van der Waals surface area (Å²) in [4.78, 5) is 30.6. The van der Waals surface area contributed by atoms with Crippen molar-refractivity contribution in [3.63, 3.8) is 0 Å². The van der Waals surface area contributed by atoms with Gasteiger partial charge in [-0.15, -0.1) is 0 Å². The molecule has 0 aliphatic rings. The molecule has 0 radical (unpaired) electrons. The molecule has 8 nitrogen and oxygen atoms in total. The quantitative estimate of drug-likeness (QED) is 0.319. The van der Waals surface area contributed by atoms with Crippen molar-refractivity contribution in [3.8, 4) is 11.1 Å². The number of pyridine rings is 1. The molecule has 0 bridgehead atoms. The van der Waals surface area contributed by atoms with Gasteiger partial charge < -0.3 is 10.8 Å². The van der Waals surface area contributed by atoms with Crippen molar-refractivity contribution in [3.05, 3.63) is 71.1 Å². The maximum Gasteiger partial charge on any atom is 0.151 e. The monoisotopic (exact) mass is 432 g/mol. The van der Waals surface area contributed by atoms with Crippen molar-refractivity contribution in [1.29, 1.82) is 0 Å². The summed E-state index contributed by atoms with van der Waals surface area (Å²) < 4.78 is 0. The fraction of sp³-hybridized carbons (Fsp3) is 0.292. The highest BCUT2D eigenvalue weighted by Gasteiger charge is 2.22. The fourth-order valence-electron chi connectivity index (χ4n) is 3.51. The molecule has 0 amide bonds. The van der Waals surface area contributed by atoms with Crippen molar-refractivity contribution >= 4 is 18.2 Å². The summed E-state index contributed by atoms with van der Waals surface area (Å²) >= 11 is 0. The molecule has 2 heterocycles. The summed E-state index contributed by atoms with van der Waals surface area (Å²) in [6, 6.07) is 7.21. The van der Waals surface area contributed by atoms with Gasteiger partial charge in [0.05, 0.1) is 17.8 Å². The molecule has 0 spiro atoms. The van der Waals surface area contributed by atoms with Gasteiger partial charge in [-0.1, -0.05) is 12.1 Å². The van der Waals surface area contributed by atoms with Crippen molar-refractivity contribution in [2.45, 2.75) is 32.5 Å². The Kier molecular flexibility index (Phi) is 7.07. The molecule has 0 aliphatic heterocycles. The van der Waals surface area contributed by atoms with E-state index in [2.05, 4.69) is 19.9 Å². The Balaban J connectivity index is 1.82. The van der Waals surface area contributed by atoms with E-state index in [4.69, 9.17) is 5.73 Å². The van der Waals surface area contributed by atoms with Gasteiger partial charge in [0, 0.05) is 66.3 Å². The van der Waals surface area contributed by atoms with Crippen molar-refractivity contribution < 1.29 is 9.90 Å². The number of nitrogens with zero attached hydrogens (tertiary/aromatic N) is 5. The largest absolute Gasteiger partial charge is 0.398 e. The third-order valence-electron chi connectivity index (χ3n) is 5.10. The van der Waals surface area contributed by atoms with Crippen LogP contribution in [0.2, 0.25) is 0 Å². The summed E-state index contributed by atoms with van der Waals surface area (Å²) in [5.74, 6) is 0.645. The summed E-state index contributed by atoms with van der Waals surface area (Å²) in [5, 5.41) is 10.4. The molecule has 0 saturated carbocycles. The lowest BCUT2D eigenvalue weighted by Crippen LogP contribution is -2.20. The SMILES string of the molecule is CN=Cc1c(-c2cnc(CN(C)Cc3ncccc3C=O)nc2)ccc(C(C)(C)O)c1N. The highest BCUT2D eigenvalue weighted by molar-refractivity contribution is 5.97. The summed E-state index contributed by atoms with van der Waals surface area (Å²) in [6.45, 7) is 4.40. The minimum atomic E-state index is -1.07. The second-order valence-corrected chi connectivity index (χ2v) is 8.15. The minimum absolute atomic E-state index is 0.478. The van der Waals surface area contributed by atoms with Gasteiger partial charge in [0.25, 0.3) is 0 Å². The number of hydrogen-bond acceptors (Lipinski definition) is 8. The minimum Gasteiger partial charge on any atom is -0.398 e. The smallest absolute Gasteiger partial charge is 0.151 e. The van der Waals surface area contributed by atoms with Gasteiger partial charge in [0.2, 0.25) is 0 Å². The lowest BCUT2D eigenvalue weighted by Gasteiger charge is -2.22. The highest BCUT2D eigenvalue weighted by Crippen LogP contribution is 2.34. The van der Waals surface area contributed by atoms with Crippen LogP contribution < -0.4 is 5.73 Å². The molecule has 0 atom stereocenters. The summed E-state index contributed by atoms with van der Waals surface area (Å²) in [7, 11) is 3.60. The first-order valence-electron chi connectivity index (χ1n) is 10.2. The van der Waals surface area contributed by atoms with E-state index in [9.17, 15) is 9.90 Å². The normalized spacial score (nSPS) is 11.9. The highest BCUT2D eigenvalue weighted by atomic mass is 16.3. The van der Waals surface area contributed by atoms with Crippen molar-refractivity contribution in [2.75, 3.05) is 19.8 Å². The predicted octanol–water partition coefficient (Wildman–Crippen LogP) is 2.84. The van der Waals surface area contributed by atoms with Gasteiger partial charge in [-0.2, -0.15) is 0 Å². The zero-order valence-corrected chi connectivity index (χ0v) is 18.8. The van der Waals surface area contributed by atoms with E-state index in [1.165, 1.54) is 0 Å². The van der Waals surface area contributed by atoms with E-state index in [-0.39, 0.29) is 0 Å². The molecule has 3 aromatic rings. The number of hydrogen-bond donors (Lipinski definition) is 2. The van der Waals surface area contributed by atoms with E-state index in [1.807, 2.05) is 24.1 Å². The van der Waals surface area contributed by atoms with Gasteiger partial charge in [-0.25, -0.2) is 9.97 Å². The Morgan fingerprint density at radius 1 is 1.16 bits per heavy atom. The van der Waals surface area contributed by atoms with Gasteiger partial charge in [0.1, 0.15) is 5.82 Å². The van der Waals surface area contributed by atoms with Crippen LogP contribution in [-0.4, -0.2) is 51.6 Å². The van der Waals surface area contributed by atoms with Crippen LogP contribution in [0.1, 0.15) is 46.9 Å². The van der Waals surface area contributed by atoms with Crippen LogP contribution in [0, 0.1) is 0 Å². The van der Waals surface area contributed by atoms with E-state index >= 15 is 0 Å². The predicted molar refractivity (Wildman–Crippen MR) is 125 cm³/mol. The second-order valence-electron chi connectivity index (χ2n) is 8.15. The lowest BCUT2D eigenvalue weighted by atomic mass is 9.90. The molecule has 3 rings (SSSR count). The molecule has 0 saturated heterocycles. The van der Waals surface area contributed by atoms with Crippen LogP contribution in [0.3, 0.4) is 0 Å². The number of aromatic nitrogens is 3. The molecule has 0 fully saturated rings. The molecule has 1 aromatic carbocycles. The first-order valence-corrected chi connectivity index (χ1v) is 10.2. The molecule has 0 unspecified atom stereocenters. The van der Waals surface area contributed by atoms with Gasteiger partial charge in [0.15, 0.2) is 6.29 Å². The van der Waals surface area contributed by atoms with Gasteiger partial charge in [-0.3, -0.25) is 19.7 Å². The zero-order chi connectivity index (χ0) is 23.3. The average Bonchev–Trinajstić information content (AvgIpc) is 2.75. The number of nitrogens with two attached hydrogens (primary N) is 1. The number of aldehydes is 1. The van der Waals surface area contributed by atoms with E-state index in [0.717, 1.165) is 23.0 Å². The maximum absolute atomic E-state index is 11.2. The van der Waals surface area contributed by atoms with E-state index in [1.54, 1.807) is 57.8 Å². The molecule has 3 N–H and O–H groups in total. The number of benzene rings is 1. The van der Waals surface area contributed by atoms with Crippen molar-refractivity contribution in [2.24, 2.45) is 4.99 Å². The summed E-state index contributed by atoms with van der Waals surface area (Å²) in [6.07, 6.45) is 7.67. The fourth-order valence-corrected chi connectivity index (χ4v) is 3.51. The summed E-state index contributed by atoms with van der Waals surface area (Å²) in [5.41, 5.74) is 10.1. The van der Waals surface area contributed by atoms with Crippen LogP contribution in [0.15, 0.2) is 47.8 Å². The topological polar surface area (TPSA) is 118 Å². The lowest BCUT2D eigenvalue weighted by molar-refractivity contribution is 0.0794. The molecular weight excluding hydrogens is 404 g/mol. The Morgan fingerprint density at radius 2 is 1.88 bits per heavy atom. The number of rotatable bonds is 8. The third kappa shape index (κ3) is 5.22. The second kappa shape index (κ2) is 9.76. The van der Waals surface area contributed by atoms with Crippen LogP contribution in [0.25, 0.3) is 11.1 Å². The van der Waals surface area contributed by atoms with Gasteiger partial charge in [-0.05, 0) is 38.6 Å². The first kappa shape index (κ1) is 23.2. The van der Waals surface area contributed by atoms with E-state index < -0.39 is 5.60 Å². The van der Waals surface area contributed by atoms with Gasteiger partial charge >= 0.3 is 0 Å². The Bertz CT molecular complexity index is 1120. The van der Waals surface area contributed by atoms with E-state index in [0.29, 0.717) is 41.4 Å². The number of nitrogen functional groups attached to an aromatic ring is 1. The van der Waals surface area contributed by atoms with Crippen LogP contribution in [-0.2, 0) is 18.7 Å². The third-order valence-corrected chi connectivity index (χ3v) is 5.10. The Labute approximate surface area is 187 Å². The Morgan fingerprint density at radius 3 is 2.50 bits per heavy atom. The van der Waals surface area contributed by atoms with Crippen LogP contribution in [0.5, 0.6) is 0 Å². The van der Waals surface area contributed by atoms with Crippen molar-refractivity contribution in [1.82, 2.24) is 19.9 Å². The molecular formula is C24H28N6O2. The van der Waals surface area contributed by atoms with Crippen LogP contribution in [0.4, 0.5) is 5.69 Å². The molecule has 32 heavy (non-hydrogen) atoms. The number of aliphatic imine (C=N–C) groups is 1. The zero-order valence-electron chi connectivity index (χ0n) is 18.8. The molecule has 8 heteroatoms. The molecule has 0 aliphatic carbocycles. The number of carbonyl (C=O) groups excluding carboxylic acids is 1. The average molecular weight is 433 g/mol. The number of carbonyl (C=O) groups is 1. The Hall–Kier alpha value is -3.49. The number of aliphatic hydroxyl groups is 1. The number of anilines is 1. The maximum atomic E-state index is 11.2.